The number of nitrogens with zero attached hydrogens (tertiary/aromatic N) is 1. The van der Waals surface area contributed by atoms with Crippen LogP contribution in [0.25, 0.3) is 10.2 Å². The van der Waals surface area contributed by atoms with Gasteiger partial charge in [0, 0.05) is 0 Å². The van der Waals surface area contributed by atoms with Crippen molar-refractivity contribution in [3.05, 3.63) is 57.4 Å². The van der Waals surface area contributed by atoms with Crippen molar-refractivity contribution in [1.82, 2.24) is 15.3 Å². The molecule has 24 heavy (non-hydrogen) atoms. The molecule has 0 saturated carbocycles. The number of nitrogens with one attached hydrogen (secondary N) is 2. The number of fused-ring (bicyclic) bond motifs is 1. The van der Waals surface area contributed by atoms with Crippen LogP contribution in [0.15, 0.2) is 45.7 Å². The number of aromatic amines is 1. The van der Waals surface area contributed by atoms with Crippen molar-refractivity contribution in [3.63, 3.8) is 0 Å². The van der Waals surface area contributed by atoms with E-state index in [9.17, 15) is 14.0 Å². The SMILES string of the molecule is C[C@@H](NC(=O)CSc1nc2sccc2c(=O)[nH]1)c1ccc(F)cc1. The van der Waals surface area contributed by atoms with Crippen molar-refractivity contribution in [2.24, 2.45) is 0 Å². The van der Waals surface area contributed by atoms with E-state index in [1.54, 1.807) is 23.6 Å². The fourth-order valence-electron chi connectivity index (χ4n) is 2.17. The average Bonchev–Trinajstić information content (AvgIpc) is 3.02. The molecule has 8 heteroatoms. The second-order valence-electron chi connectivity index (χ2n) is 5.14. The van der Waals surface area contributed by atoms with Gasteiger partial charge in [0.2, 0.25) is 5.91 Å². The third kappa shape index (κ3) is 3.82. The minimum Gasteiger partial charge on any atom is -0.349 e. The molecule has 1 amide bonds. The zero-order valence-corrected chi connectivity index (χ0v) is 14.3. The van der Waals surface area contributed by atoms with E-state index < -0.39 is 0 Å². The molecular weight excluding hydrogens is 349 g/mol. The average molecular weight is 363 g/mol. The highest BCUT2D eigenvalue weighted by molar-refractivity contribution is 7.99. The van der Waals surface area contributed by atoms with E-state index in [4.69, 9.17) is 0 Å². The van der Waals surface area contributed by atoms with E-state index in [1.165, 1.54) is 35.2 Å². The number of amides is 1. The van der Waals surface area contributed by atoms with Crippen LogP contribution in [0.2, 0.25) is 0 Å². The smallest absolute Gasteiger partial charge is 0.260 e. The minimum atomic E-state index is -0.313. The second-order valence-corrected chi connectivity index (χ2v) is 7.00. The summed E-state index contributed by atoms with van der Waals surface area (Å²) in [4.78, 5) is 31.5. The summed E-state index contributed by atoms with van der Waals surface area (Å²) in [7, 11) is 0. The Morgan fingerprint density at radius 3 is 2.88 bits per heavy atom. The zero-order chi connectivity index (χ0) is 17.1. The van der Waals surface area contributed by atoms with Crippen molar-refractivity contribution in [3.8, 4) is 0 Å². The third-order valence-electron chi connectivity index (χ3n) is 3.40. The van der Waals surface area contributed by atoms with E-state index in [1.807, 2.05) is 6.92 Å². The Kier molecular flexibility index (Phi) is 4.96. The van der Waals surface area contributed by atoms with Crippen molar-refractivity contribution in [1.29, 1.82) is 0 Å². The van der Waals surface area contributed by atoms with E-state index in [2.05, 4.69) is 15.3 Å². The van der Waals surface area contributed by atoms with Crippen molar-refractivity contribution < 1.29 is 9.18 Å². The number of halogens is 1. The van der Waals surface area contributed by atoms with Crippen LogP contribution in [0.4, 0.5) is 4.39 Å². The maximum Gasteiger partial charge on any atom is 0.260 e. The molecule has 0 unspecified atom stereocenters. The number of H-pyrrole nitrogens is 1. The van der Waals surface area contributed by atoms with Gasteiger partial charge < -0.3 is 10.3 Å². The molecule has 2 heterocycles. The lowest BCUT2D eigenvalue weighted by Crippen LogP contribution is -2.28. The van der Waals surface area contributed by atoms with E-state index >= 15 is 0 Å². The molecule has 0 saturated heterocycles. The zero-order valence-electron chi connectivity index (χ0n) is 12.7. The highest BCUT2D eigenvalue weighted by Gasteiger charge is 2.12. The molecule has 0 bridgehead atoms. The first-order valence-corrected chi connectivity index (χ1v) is 9.04. The molecule has 0 aliphatic rings. The van der Waals surface area contributed by atoms with E-state index in [-0.39, 0.29) is 29.1 Å². The number of carbonyl (C=O) groups excluding carboxylic acids is 1. The van der Waals surface area contributed by atoms with Gasteiger partial charge in [-0.25, -0.2) is 9.37 Å². The number of thioether (sulfide) groups is 1. The van der Waals surface area contributed by atoms with Gasteiger partial charge in [-0.15, -0.1) is 11.3 Å². The normalized spacial score (nSPS) is 12.2. The predicted molar refractivity (Wildman–Crippen MR) is 93.9 cm³/mol. The van der Waals surface area contributed by atoms with Crippen LogP contribution in [0, 0.1) is 5.82 Å². The standard InChI is InChI=1S/C16H14FN3O2S2/c1-9(10-2-4-11(17)5-3-10)18-13(21)8-24-16-19-14(22)12-6-7-23-15(12)20-16/h2-7,9H,8H2,1H3,(H,18,21)(H,19,20,22)/t9-/m1/s1. The number of carbonyl (C=O) groups is 1. The number of hydrogen-bond donors (Lipinski definition) is 2. The van der Waals surface area contributed by atoms with Crippen LogP contribution in [0.5, 0.6) is 0 Å². The van der Waals surface area contributed by atoms with Crippen LogP contribution in [0.3, 0.4) is 0 Å². The van der Waals surface area contributed by atoms with Gasteiger partial charge in [0.15, 0.2) is 5.16 Å². The molecule has 3 rings (SSSR count). The van der Waals surface area contributed by atoms with E-state index in [0.29, 0.717) is 15.4 Å². The van der Waals surface area contributed by atoms with Crippen LogP contribution in [0.1, 0.15) is 18.5 Å². The fourth-order valence-corrected chi connectivity index (χ4v) is 3.66. The molecular formula is C16H14FN3O2S2. The van der Waals surface area contributed by atoms with Gasteiger partial charge >= 0.3 is 0 Å². The minimum absolute atomic E-state index is 0.130. The molecule has 0 aliphatic carbocycles. The Labute approximate surface area is 145 Å². The molecule has 3 aromatic rings. The lowest BCUT2D eigenvalue weighted by atomic mass is 10.1. The quantitative estimate of drug-likeness (QED) is 0.540. The highest BCUT2D eigenvalue weighted by atomic mass is 32.2. The molecule has 0 aliphatic heterocycles. The van der Waals surface area contributed by atoms with Gasteiger partial charge in [-0.1, -0.05) is 23.9 Å². The van der Waals surface area contributed by atoms with Crippen LogP contribution < -0.4 is 10.9 Å². The first-order valence-electron chi connectivity index (χ1n) is 7.18. The maximum absolute atomic E-state index is 12.9. The van der Waals surface area contributed by atoms with Crippen molar-refractivity contribution in [2.75, 3.05) is 5.75 Å². The largest absolute Gasteiger partial charge is 0.349 e. The Hall–Kier alpha value is -2.19. The van der Waals surface area contributed by atoms with Gasteiger partial charge in [0.1, 0.15) is 10.6 Å². The van der Waals surface area contributed by atoms with Gasteiger partial charge in [-0.05, 0) is 36.1 Å². The second kappa shape index (κ2) is 7.14. The van der Waals surface area contributed by atoms with Crippen LogP contribution in [-0.2, 0) is 4.79 Å². The van der Waals surface area contributed by atoms with Gasteiger partial charge in [-0.3, -0.25) is 9.59 Å². The summed E-state index contributed by atoms with van der Waals surface area (Å²) in [5, 5.41) is 5.61. The Bertz CT molecular complexity index is 921. The molecule has 2 aromatic heterocycles. The number of rotatable bonds is 5. The number of aromatic nitrogens is 2. The van der Waals surface area contributed by atoms with Gasteiger partial charge in [0.25, 0.3) is 5.56 Å². The summed E-state index contributed by atoms with van der Waals surface area (Å²) in [6.45, 7) is 1.83. The third-order valence-corrected chi connectivity index (χ3v) is 5.08. The Morgan fingerprint density at radius 2 is 2.12 bits per heavy atom. The van der Waals surface area contributed by atoms with Gasteiger partial charge in [-0.2, -0.15) is 0 Å². The molecule has 2 N–H and O–H groups in total. The molecule has 124 valence electrons. The Morgan fingerprint density at radius 1 is 1.38 bits per heavy atom. The molecule has 0 fully saturated rings. The summed E-state index contributed by atoms with van der Waals surface area (Å²) < 4.78 is 12.9. The Balaban J connectivity index is 1.60. The monoisotopic (exact) mass is 363 g/mol. The molecule has 5 nitrogen and oxygen atoms in total. The fraction of sp³-hybridized carbons (Fsp3) is 0.188. The summed E-state index contributed by atoms with van der Waals surface area (Å²) in [5.41, 5.74) is 0.616. The summed E-state index contributed by atoms with van der Waals surface area (Å²) >= 11 is 2.55. The lowest BCUT2D eigenvalue weighted by molar-refractivity contribution is -0.119. The molecule has 1 aromatic carbocycles. The number of hydrogen-bond acceptors (Lipinski definition) is 5. The predicted octanol–water partition coefficient (Wildman–Crippen LogP) is 3.09. The first-order chi connectivity index (χ1) is 11.5. The van der Waals surface area contributed by atoms with Crippen molar-refractivity contribution >= 4 is 39.2 Å². The number of thiophene rings is 1. The van der Waals surface area contributed by atoms with Crippen LogP contribution in [-0.4, -0.2) is 21.6 Å². The molecule has 0 radical (unpaired) electrons. The van der Waals surface area contributed by atoms with E-state index in [0.717, 1.165) is 5.56 Å². The summed E-state index contributed by atoms with van der Waals surface area (Å²) in [6.07, 6.45) is 0. The molecule has 1 atom stereocenters. The molecule has 0 spiro atoms. The highest BCUT2D eigenvalue weighted by Crippen LogP contribution is 2.19. The van der Waals surface area contributed by atoms with Crippen molar-refractivity contribution in [2.45, 2.75) is 18.1 Å². The summed E-state index contributed by atoms with van der Waals surface area (Å²) in [6, 6.07) is 7.48. The maximum atomic E-state index is 12.9. The number of benzene rings is 1. The topological polar surface area (TPSA) is 74.8 Å². The lowest BCUT2D eigenvalue weighted by Gasteiger charge is -2.14. The summed E-state index contributed by atoms with van der Waals surface area (Å²) in [5.74, 6) is -0.372. The van der Waals surface area contributed by atoms with Gasteiger partial charge in [0.05, 0.1) is 17.2 Å². The van der Waals surface area contributed by atoms with Crippen LogP contribution >= 0.6 is 23.1 Å². The first kappa shape index (κ1) is 16.7.